The molecule has 0 bridgehead atoms. The van der Waals surface area contributed by atoms with Gasteiger partial charge in [0, 0.05) is 36.1 Å². The van der Waals surface area contributed by atoms with Crippen LogP contribution in [0.2, 0.25) is 0 Å². The van der Waals surface area contributed by atoms with E-state index in [1.54, 1.807) is 18.7 Å². The standard InChI is InChI=1S/C27H31N9O/c1-26(2)12-21-27(3,16-37-26)20-15-31-25(33-19-8-9-22(30-14-19)35-11-10-29-17-35)34-24(20)36(21)23-7-5-6-18(32-23)13-28-4/h5-11,14-15,17,21,28H,12-13,16H2,1-4H3,(H,31,33,34)/t21-,27-/m0/s1. The zero-order valence-electron chi connectivity index (χ0n) is 21.5. The Morgan fingerprint density at radius 3 is 2.70 bits per heavy atom. The Morgan fingerprint density at radius 1 is 1.05 bits per heavy atom. The number of nitrogens with one attached hydrogen (secondary N) is 2. The molecule has 190 valence electrons. The third-order valence-electron chi connectivity index (χ3n) is 7.28. The molecule has 0 spiro atoms. The van der Waals surface area contributed by atoms with Crippen molar-refractivity contribution < 1.29 is 4.74 Å². The molecule has 2 aliphatic heterocycles. The van der Waals surface area contributed by atoms with E-state index in [0.717, 1.165) is 40.8 Å². The van der Waals surface area contributed by atoms with Crippen molar-refractivity contribution in [2.45, 2.75) is 50.8 Å². The molecule has 0 unspecified atom stereocenters. The second-order valence-corrected chi connectivity index (χ2v) is 10.5. The number of fused-ring (bicyclic) bond motifs is 3. The maximum Gasteiger partial charge on any atom is 0.229 e. The number of rotatable bonds is 6. The summed E-state index contributed by atoms with van der Waals surface area (Å²) in [5.41, 5.74) is 2.36. The van der Waals surface area contributed by atoms with E-state index in [-0.39, 0.29) is 17.1 Å². The smallest absolute Gasteiger partial charge is 0.229 e. The van der Waals surface area contributed by atoms with E-state index in [9.17, 15) is 0 Å². The van der Waals surface area contributed by atoms with Crippen LogP contribution in [-0.2, 0) is 16.7 Å². The molecular formula is C27H31N9O. The molecule has 6 heterocycles. The van der Waals surface area contributed by atoms with Crippen LogP contribution in [-0.4, -0.2) is 54.8 Å². The number of ether oxygens (including phenoxy) is 1. The van der Waals surface area contributed by atoms with Crippen molar-refractivity contribution in [3.05, 3.63) is 72.7 Å². The van der Waals surface area contributed by atoms with Crippen LogP contribution in [0.1, 0.15) is 38.4 Å². The van der Waals surface area contributed by atoms with Crippen LogP contribution in [0.25, 0.3) is 5.82 Å². The summed E-state index contributed by atoms with van der Waals surface area (Å²) in [6.07, 6.45) is 9.86. The second-order valence-electron chi connectivity index (χ2n) is 10.5. The van der Waals surface area contributed by atoms with Gasteiger partial charge in [-0.05, 0) is 51.6 Å². The number of imidazole rings is 1. The zero-order valence-corrected chi connectivity index (χ0v) is 21.5. The summed E-state index contributed by atoms with van der Waals surface area (Å²) >= 11 is 0. The van der Waals surface area contributed by atoms with Crippen molar-refractivity contribution in [1.29, 1.82) is 0 Å². The van der Waals surface area contributed by atoms with E-state index in [2.05, 4.69) is 63.4 Å². The summed E-state index contributed by atoms with van der Waals surface area (Å²) in [4.78, 5) is 25.6. The van der Waals surface area contributed by atoms with E-state index >= 15 is 0 Å². The predicted molar refractivity (Wildman–Crippen MR) is 142 cm³/mol. The fraction of sp³-hybridized carbons (Fsp3) is 0.370. The second kappa shape index (κ2) is 8.89. The molecule has 2 N–H and O–H groups in total. The summed E-state index contributed by atoms with van der Waals surface area (Å²) in [6, 6.07) is 10.2. The van der Waals surface area contributed by atoms with Gasteiger partial charge in [-0.2, -0.15) is 4.98 Å². The van der Waals surface area contributed by atoms with Gasteiger partial charge in [-0.15, -0.1) is 0 Å². The van der Waals surface area contributed by atoms with Crippen LogP contribution in [0.5, 0.6) is 0 Å². The molecule has 10 nitrogen and oxygen atoms in total. The minimum atomic E-state index is -0.252. The molecule has 10 heteroatoms. The number of nitrogens with zero attached hydrogens (tertiary/aromatic N) is 7. The Hall–Kier alpha value is -3.89. The van der Waals surface area contributed by atoms with Crippen LogP contribution in [0.15, 0.2) is 61.4 Å². The van der Waals surface area contributed by atoms with E-state index in [1.165, 1.54) is 0 Å². The zero-order chi connectivity index (χ0) is 25.6. The van der Waals surface area contributed by atoms with Gasteiger partial charge in [-0.3, -0.25) is 4.57 Å². The van der Waals surface area contributed by atoms with Gasteiger partial charge in [0.05, 0.1) is 35.8 Å². The Morgan fingerprint density at radius 2 is 1.95 bits per heavy atom. The van der Waals surface area contributed by atoms with E-state index in [1.807, 2.05) is 42.2 Å². The number of aromatic nitrogens is 6. The van der Waals surface area contributed by atoms with Gasteiger partial charge in [0.2, 0.25) is 5.95 Å². The van der Waals surface area contributed by atoms with Crippen molar-refractivity contribution in [3.8, 4) is 5.82 Å². The summed E-state index contributed by atoms with van der Waals surface area (Å²) < 4.78 is 8.17. The minimum Gasteiger partial charge on any atom is -0.374 e. The molecular weight excluding hydrogens is 466 g/mol. The summed E-state index contributed by atoms with van der Waals surface area (Å²) in [7, 11) is 1.93. The van der Waals surface area contributed by atoms with E-state index < -0.39 is 0 Å². The van der Waals surface area contributed by atoms with Gasteiger partial charge in [0.25, 0.3) is 0 Å². The van der Waals surface area contributed by atoms with Gasteiger partial charge >= 0.3 is 0 Å². The average molecular weight is 498 g/mol. The quantitative estimate of drug-likeness (QED) is 0.410. The summed E-state index contributed by atoms with van der Waals surface area (Å²) in [5.74, 6) is 3.05. The van der Waals surface area contributed by atoms with Gasteiger partial charge in [0.15, 0.2) is 0 Å². The Labute approximate surface area is 216 Å². The highest BCUT2D eigenvalue weighted by atomic mass is 16.5. The molecule has 0 amide bonds. The third-order valence-corrected chi connectivity index (χ3v) is 7.28. The topological polar surface area (TPSA) is 106 Å². The van der Waals surface area contributed by atoms with E-state index in [4.69, 9.17) is 14.7 Å². The summed E-state index contributed by atoms with van der Waals surface area (Å²) in [5, 5.41) is 6.52. The number of hydrogen-bond donors (Lipinski definition) is 2. The summed E-state index contributed by atoms with van der Waals surface area (Å²) in [6.45, 7) is 7.84. The van der Waals surface area contributed by atoms with Crippen molar-refractivity contribution in [3.63, 3.8) is 0 Å². The molecule has 2 atom stereocenters. The lowest BCUT2D eigenvalue weighted by atomic mass is 9.73. The Balaban J connectivity index is 1.37. The fourth-order valence-electron chi connectivity index (χ4n) is 5.28. The SMILES string of the molecule is CNCc1cccc(N2c3nc(Nc4ccc(-n5ccnc5)nc4)ncc3[C@]3(C)COC(C)(C)C[C@H]23)n1. The van der Waals surface area contributed by atoms with Crippen molar-refractivity contribution >= 4 is 23.3 Å². The van der Waals surface area contributed by atoms with Gasteiger partial charge < -0.3 is 20.3 Å². The van der Waals surface area contributed by atoms with Crippen molar-refractivity contribution in [2.24, 2.45) is 0 Å². The third kappa shape index (κ3) is 4.21. The first-order chi connectivity index (χ1) is 17.9. The van der Waals surface area contributed by atoms with Crippen molar-refractivity contribution in [1.82, 2.24) is 34.8 Å². The van der Waals surface area contributed by atoms with Gasteiger partial charge in [-0.25, -0.2) is 19.9 Å². The van der Waals surface area contributed by atoms with Gasteiger partial charge in [0.1, 0.15) is 23.8 Å². The van der Waals surface area contributed by atoms with Crippen LogP contribution >= 0.6 is 0 Å². The molecule has 0 radical (unpaired) electrons. The maximum atomic E-state index is 6.31. The highest BCUT2D eigenvalue weighted by Gasteiger charge is 2.55. The van der Waals surface area contributed by atoms with E-state index in [0.29, 0.717) is 19.1 Å². The molecule has 37 heavy (non-hydrogen) atoms. The first-order valence-corrected chi connectivity index (χ1v) is 12.5. The number of pyridine rings is 2. The lowest BCUT2D eigenvalue weighted by Crippen LogP contribution is -2.54. The first kappa shape index (κ1) is 23.5. The largest absolute Gasteiger partial charge is 0.374 e. The highest BCUT2D eigenvalue weighted by molar-refractivity contribution is 5.71. The van der Waals surface area contributed by atoms with Gasteiger partial charge in [-0.1, -0.05) is 13.0 Å². The average Bonchev–Trinajstić information content (AvgIpc) is 3.50. The Bertz CT molecular complexity index is 1400. The normalized spacial score (nSPS) is 21.9. The van der Waals surface area contributed by atoms with Crippen LogP contribution in [0, 0.1) is 0 Å². The lowest BCUT2D eigenvalue weighted by Gasteiger charge is -2.46. The minimum absolute atomic E-state index is 0.143. The molecule has 1 saturated heterocycles. The Kier molecular flexibility index (Phi) is 5.65. The molecule has 0 saturated carbocycles. The monoisotopic (exact) mass is 497 g/mol. The first-order valence-electron chi connectivity index (χ1n) is 12.5. The molecule has 2 aliphatic rings. The number of anilines is 4. The van der Waals surface area contributed by atoms with Crippen molar-refractivity contribution in [2.75, 3.05) is 23.9 Å². The number of hydrogen-bond acceptors (Lipinski definition) is 9. The lowest BCUT2D eigenvalue weighted by molar-refractivity contribution is -0.0893. The predicted octanol–water partition coefficient (Wildman–Crippen LogP) is 3.89. The molecule has 0 aliphatic carbocycles. The highest BCUT2D eigenvalue weighted by Crippen LogP contribution is 2.52. The molecule has 4 aromatic rings. The fourth-order valence-corrected chi connectivity index (χ4v) is 5.28. The van der Waals surface area contributed by atoms with Crippen LogP contribution in [0.4, 0.5) is 23.3 Å². The molecule has 6 rings (SSSR count). The van der Waals surface area contributed by atoms with Crippen LogP contribution < -0.4 is 15.5 Å². The molecule has 1 fully saturated rings. The molecule has 0 aromatic carbocycles. The maximum absolute atomic E-state index is 6.31. The van der Waals surface area contributed by atoms with Crippen LogP contribution in [0.3, 0.4) is 0 Å². The molecule has 4 aromatic heterocycles.